The first-order chi connectivity index (χ1) is 23.1. The monoisotopic (exact) mass is 658 g/mol. The van der Waals surface area contributed by atoms with E-state index in [4.69, 9.17) is 4.74 Å². The minimum Gasteiger partial charge on any atom is -0.455 e. The van der Waals surface area contributed by atoms with Crippen LogP contribution in [0.4, 0.5) is 23.7 Å². The van der Waals surface area contributed by atoms with E-state index in [-0.39, 0.29) is 17.8 Å². The number of hydrogen-bond acceptors (Lipinski definition) is 6. The van der Waals surface area contributed by atoms with E-state index in [2.05, 4.69) is 27.3 Å². The number of alkyl halides is 3. The van der Waals surface area contributed by atoms with Crippen LogP contribution in [-0.4, -0.2) is 79.4 Å². The second kappa shape index (κ2) is 13.0. The number of piperazine rings is 1. The highest BCUT2D eigenvalue weighted by molar-refractivity contribution is 5.89. The average Bonchev–Trinajstić information content (AvgIpc) is 3.72. The molecule has 5 aromatic rings. The molecule has 1 N–H and O–H groups in total. The summed E-state index contributed by atoms with van der Waals surface area (Å²) in [6, 6.07) is 13.3. The smallest absolute Gasteiger partial charge is 0.416 e. The fraction of sp³-hybridized carbons (Fsp3) is 0.343. The van der Waals surface area contributed by atoms with E-state index in [1.165, 1.54) is 6.07 Å². The number of urea groups is 1. The summed E-state index contributed by atoms with van der Waals surface area (Å²) < 4.78 is 52.3. The molecule has 0 unspecified atom stereocenters. The zero-order chi connectivity index (χ0) is 33.4. The predicted molar refractivity (Wildman–Crippen MR) is 176 cm³/mol. The van der Waals surface area contributed by atoms with Crippen molar-refractivity contribution in [1.29, 1.82) is 0 Å². The third kappa shape index (κ3) is 6.74. The molecule has 0 aliphatic carbocycles. The minimum absolute atomic E-state index is 0.120. The highest BCUT2D eigenvalue weighted by Crippen LogP contribution is 2.36. The van der Waals surface area contributed by atoms with Gasteiger partial charge in [0.05, 0.1) is 18.0 Å². The molecule has 13 heteroatoms. The molecule has 0 radical (unpaired) electrons. The second-order valence-corrected chi connectivity index (χ2v) is 12.4. The van der Waals surface area contributed by atoms with Gasteiger partial charge in [-0.05, 0) is 60.0 Å². The molecule has 0 atom stereocenters. The standard InChI is InChI=1S/C35H37F3N8O2/c1-3-43-12-14-44(15-13-43)21-25-4-6-29(18-31(25)35(36,37)38)41-34(47)45-11-9-24-5-7-30(16-26(24)22-45)48-33-8-10-39-46-23-27(17-32(33)46)28-19-40-42(2)20-28/h4-8,10,16-20,23H,3,9,11-15,21-22H2,1-2H3,(H,41,47). The molecule has 2 aliphatic heterocycles. The van der Waals surface area contributed by atoms with Crippen molar-refractivity contribution < 1.29 is 22.7 Å². The molecule has 1 saturated heterocycles. The van der Waals surface area contributed by atoms with Crippen LogP contribution in [0.3, 0.4) is 0 Å². The van der Waals surface area contributed by atoms with Crippen molar-refractivity contribution in [3.63, 3.8) is 0 Å². The Morgan fingerprint density at radius 3 is 2.48 bits per heavy atom. The fourth-order valence-corrected chi connectivity index (χ4v) is 6.46. The molecule has 7 rings (SSSR count). The van der Waals surface area contributed by atoms with Crippen molar-refractivity contribution in [3.8, 4) is 22.6 Å². The van der Waals surface area contributed by atoms with E-state index in [0.717, 1.165) is 66.6 Å². The molecule has 250 valence electrons. The van der Waals surface area contributed by atoms with Crippen LogP contribution in [0, 0.1) is 0 Å². The number of aromatic nitrogens is 4. The van der Waals surface area contributed by atoms with Crippen molar-refractivity contribution in [2.75, 3.05) is 44.6 Å². The largest absolute Gasteiger partial charge is 0.455 e. The van der Waals surface area contributed by atoms with Crippen LogP contribution in [0.5, 0.6) is 11.5 Å². The zero-order valence-corrected chi connectivity index (χ0v) is 26.9. The Bertz CT molecular complexity index is 1940. The summed E-state index contributed by atoms with van der Waals surface area (Å²) in [6.45, 7) is 7.11. The van der Waals surface area contributed by atoms with Crippen LogP contribution in [-0.2, 0) is 32.7 Å². The highest BCUT2D eigenvalue weighted by atomic mass is 19.4. The van der Waals surface area contributed by atoms with Gasteiger partial charge in [0.2, 0.25) is 0 Å². The van der Waals surface area contributed by atoms with E-state index >= 15 is 0 Å². The Kier molecular flexibility index (Phi) is 8.56. The molecule has 1 fully saturated rings. The van der Waals surface area contributed by atoms with Crippen molar-refractivity contribution >= 4 is 17.2 Å². The van der Waals surface area contributed by atoms with E-state index in [0.29, 0.717) is 31.0 Å². The van der Waals surface area contributed by atoms with E-state index in [1.807, 2.05) is 48.6 Å². The quantitative estimate of drug-likeness (QED) is 0.222. The summed E-state index contributed by atoms with van der Waals surface area (Å²) in [7, 11) is 1.87. The van der Waals surface area contributed by atoms with Crippen molar-refractivity contribution in [2.45, 2.75) is 32.6 Å². The van der Waals surface area contributed by atoms with Crippen LogP contribution in [0.2, 0.25) is 0 Å². The number of amides is 2. The number of benzene rings is 2. The maximum absolute atomic E-state index is 14.1. The van der Waals surface area contributed by atoms with Crippen molar-refractivity contribution in [1.82, 2.24) is 34.1 Å². The summed E-state index contributed by atoms with van der Waals surface area (Å²) >= 11 is 0. The number of carbonyl (C=O) groups excluding carboxylic acids is 1. The molecule has 2 amide bonds. The number of hydrogen-bond donors (Lipinski definition) is 1. The fourth-order valence-electron chi connectivity index (χ4n) is 6.46. The number of halogens is 3. The van der Waals surface area contributed by atoms with Gasteiger partial charge in [0.1, 0.15) is 11.3 Å². The molecule has 0 spiro atoms. The molecule has 10 nitrogen and oxygen atoms in total. The number of nitrogens with one attached hydrogen (secondary N) is 1. The van der Waals surface area contributed by atoms with Crippen LogP contribution in [0.15, 0.2) is 73.3 Å². The third-order valence-corrected chi connectivity index (χ3v) is 9.19. The number of ether oxygens (including phenoxy) is 1. The molecule has 2 aromatic carbocycles. The molecule has 5 heterocycles. The third-order valence-electron chi connectivity index (χ3n) is 9.19. The lowest BCUT2D eigenvalue weighted by Gasteiger charge is -2.34. The molecular formula is C35H37F3N8O2. The van der Waals surface area contributed by atoms with Gasteiger partial charge in [-0.3, -0.25) is 9.58 Å². The van der Waals surface area contributed by atoms with Crippen LogP contribution < -0.4 is 10.1 Å². The van der Waals surface area contributed by atoms with Gasteiger partial charge < -0.3 is 19.9 Å². The average molecular weight is 659 g/mol. The summed E-state index contributed by atoms with van der Waals surface area (Å²) in [5.74, 6) is 1.23. The number of fused-ring (bicyclic) bond motifs is 2. The SMILES string of the molecule is CCN1CCN(Cc2ccc(NC(=O)N3CCc4ccc(Oc5ccnn6cc(-c7cnn(C)c7)cc56)cc4C3)cc2C(F)(F)F)CC1. The lowest BCUT2D eigenvalue weighted by molar-refractivity contribution is -0.138. The maximum Gasteiger partial charge on any atom is 0.416 e. The molecular weight excluding hydrogens is 621 g/mol. The highest BCUT2D eigenvalue weighted by Gasteiger charge is 2.34. The van der Waals surface area contributed by atoms with Gasteiger partial charge in [-0.25, -0.2) is 9.31 Å². The topological polar surface area (TPSA) is 83.2 Å². The lowest BCUT2D eigenvalue weighted by Crippen LogP contribution is -2.45. The van der Waals surface area contributed by atoms with Crippen molar-refractivity contribution in [2.24, 2.45) is 7.05 Å². The Labute approximate surface area is 276 Å². The number of carbonyl (C=O) groups is 1. The zero-order valence-electron chi connectivity index (χ0n) is 26.9. The van der Waals surface area contributed by atoms with E-state index < -0.39 is 17.8 Å². The predicted octanol–water partition coefficient (Wildman–Crippen LogP) is 6.27. The first-order valence-electron chi connectivity index (χ1n) is 16.1. The van der Waals surface area contributed by atoms with E-state index in [9.17, 15) is 18.0 Å². The number of aryl methyl sites for hydroxylation is 1. The first kappa shape index (κ1) is 31.7. The Hall–Kier alpha value is -4.88. The number of likely N-dealkylation sites (N-methyl/N-ethyl adjacent to an activating group) is 1. The Morgan fingerprint density at radius 1 is 0.917 bits per heavy atom. The summed E-state index contributed by atoms with van der Waals surface area (Å²) in [5, 5.41) is 11.4. The van der Waals surface area contributed by atoms with Gasteiger partial charge in [0.15, 0.2) is 5.75 Å². The van der Waals surface area contributed by atoms with Crippen LogP contribution >= 0.6 is 0 Å². The second-order valence-electron chi connectivity index (χ2n) is 12.4. The minimum atomic E-state index is -4.54. The molecule has 48 heavy (non-hydrogen) atoms. The Balaban J connectivity index is 1.04. The molecule has 0 bridgehead atoms. The maximum atomic E-state index is 14.1. The lowest BCUT2D eigenvalue weighted by atomic mass is 9.99. The number of nitrogens with zero attached hydrogens (tertiary/aromatic N) is 7. The summed E-state index contributed by atoms with van der Waals surface area (Å²) in [5.41, 5.74) is 4.34. The molecule has 3 aromatic heterocycles. The van der Waals surface area contributed by atoms with Gasteiger partial charge in [0.25, 0.3) is 0 Å². The van der Waals surface area contributed by atoms with Gasteiger partial charge >= 0.3 is 12.2 Å². The molecule has 0 saturated carbocycles. The summed E-state index contributed by atoms with van der Waals surface area (Å²) in [4.78, 5) is 19.3. The van der Waals surface area contributed by atoms with Crippen LogP contribution in [0.1, 0.15) is 29.2 Å². The van der Waals surface area contributed by atoms with Gasteiger partial charge in [-0.15, -0.1) is 0 Å². The van der Waals surface area contributed by atoms with Gasteiger partial charge in [-0.1, -0.05) is 19.1 Å². The van der Waals surface area contributed by atoms with Crippen LogP contribution in [0.25, 0.3) is 16.6 Å². The number of rotatable bonds is 7. The number of anilines is 1. The van der Waals surface area contributed by atoms with Crippen molar-refractivity contribution in [3.05, 3.63) is 95.6 Å². The Morgan fingerprint density at radius 2 is 1.73 bits per heavy atom. The van der Waals surface area contributed by atoms with E-state index in [1.54, 1.807) is 38.6 Å². The summed E-state index contributed by atoms with van der Waals surface area (Å²) in [6.07, 6.45) is 3.40. The molecule has 2 aliphatic rings. The first-order valence-corrected chi connectivity index (χ1v) is 16.1. The van der Waals surface area contributed by atoms with Gasteiger partial charge in [0, 0.05) is 88.1 Å². The van der Waals surface area contributed by atoms with Gasteiger partial charge in [-0.2, -0.15) is 23.4 Å². The normalized spacial score (nSPS) is 15.9.